The van der Waals surface area contributed by atoms with Crippen LogP contribution in [0.2, 0.25) is 5.02 Å². The van der Waals surface area contributed by atoms with Crippen LogP contribution in [0.15, 0.2) is 47.5 Å². The Bertz CT molecular complexity index is 625. The van der Waals surface area contributed by atoms with E-state index in [-0.39, 0.29) is 23.1 Å². The zero-order chi connectivity index (χ0) is 13.7. The highest BCUT2D eigenvalue weighted by atomic mass is 35.5. The van der Waals surface area contributed by atoms with Crippen LogP contribution in [0.5, 0.6) is 5.75 Å². The number of halogens is 2. The van der Waals surface area contributed by atoms with E-state index in [0.29, 0.717) is 0 Å². The Hall–Kier alpha value is -2.16. The summed E-state index contributed by atoms with van der Waals surface area (Å²) in [6.45, 7) is 0.288. The molecule has 3 nitrogen and oxygen atoms in total. The molecule has 0 bridgehead atoms. The number of aliphatic imine (C=N–C) groups is 1. The third-order valence-electron chi connectivity index (χ3n) is 2.40. The number of isocyanates is 1. The summed E-state index contributed by atoms with van der Waals surface area (Å²) < 4.78 is 18.8. The van der Waals surface area contributed by atoms with Gasteiger partial charge in [0.2, 0.25) is 6.08 Å². The van der Waals surface area contributed by atoms with E-state index in [1.165, 1.54) is 12.1 Å². The maximum absolute atomic E-state index is 13.4. The van der Waals surface area contributed by atoms with Crippen molar-refractivity contribution in [3.63, 3.8) is 0 Å². The van der Waals surface area contributed by atoms with Crippen LogP contribution in [0.1, 0.15) is 5.56 Å². The van der Waals surface area contributed by atoms with Crippen LogP contribution in [-0.2, 0) is 11.4 Å². The van der Waals surface area contributed by atoms with Gasteiger partial charge < -0.3 is 4.74 Å². The van der Waals surface area contributed by atoms with Gasteiger partial charge in [-0.25, -0.2) is 9.18 Å². The van der Waals surface area contributed by atoms with E-state index >= 15 is 0 Å². The van der Waals surface area contributed by atoms with Crippen molar-refractivity contribution >= 4 is 23.4 Å². The lowest BCUT2D eigenvalue weighted by atomic mass is 10.2. The Balaban J connectivity index is 2.20. The zero-order valence-electron chi connectivity index (χ0n) is 9.77. The van der Waals surface area contributed by atoms with Crippen LogP contribution < -0.4 is 4.74 Å². The first-order chi connectivity index (χ1) is 9.20. The Labute approximate surface area is 114 Å². The lowest BCUT2D eigenvalue weighted by molar-refractivity contribution is 0.306. The lowest BCUT2D eigenvalue weighted by Gasteiger charge is -2.09. The molecule has 0 fully saturated rings. The highest BCUT2D eigenvalue weighted by molar-refractivity contribution is 6.32. The van der Waals surface area contributed by atoms with Gasteiger partial charge in [-0.15, -0.1) is 0 Å². The summed E-state index contributed by atoms with van der Waals surface area (Å²) >= 11 is 5.86. The molecule has 0 atom stereocenters. The smallest absolute Gasteiger partial charge is 0.240 e. The summed E-state index contributed by atoms with van der Waals surface area (Å²) in [5.74, 6) is -0.429. The van der Waals surface area contributed by atoms with Gasteiger partial charge in [-0.3, -0.25) is 0 Å². The van der Waals surface area contributed by atoms with Crippen LogP contribution in [0.25, 0.3) is 0 Å². The predicted octanol–water partition coefficient (Wildman–Crippen LogP) is 4.03. The monoisotopic (exact) mass is 277 g/mol. The first-order valence-corrected chi connectivity index (χ1v) is 5.82. The van der Waals surface area contributed by atoms with Gasteiger partial charge in [0, 0.05) is 6.07 Å². The van der Waals surface area contributed by atoms with Gasteiger partial charge in [0.25, 0.3) is 0 Å². The van der Waals surface area contributed by atoms with Crippen molar-refractivity contribution < 1.29 is 13.9 Å². The largest absolute Gasteiger partial charge is 0.487 e. The standard InChI is InChI=1S/C14H9ClFNO2/c15-11-6-12(16)13(17-9-18)7-14(11)19-8-10-4-2-1-3-5-10/h1-7H,8H2. The summed E-state index contributed by atoms with van der Waals surface area (Å²) in [7, 11) is 0. The molecule has 0 spiro atoms. The normalized spacial score (nSPS) is 9.79. The third-order valence-corrected chi connectivity index (χ3v) is 2.70. The van der Waals surface area contributed by atoms with E-state index in [2.05, 4.69) is 4.99 Å². The van der Waals surface area contributed by atoms with Crippen LogP contribution in [0.4, 0.5) is 10.1 Å². The Morgan fingerprint density at radius 3 is 2.68 bits per heavy atom. The number of ether oxygens (including phenoxy) is 1. The number of benzene rings is 2. The zero-order valence-corrected chi connectivity index (χ0v) is 10.5. The van der Waals surface area contributed by atoms with Gasteiger partial charge in [0.1, 0.15) is 18.0 Å². The maximum Gasteiger partial charge on any atom is 0.240 e. The molecule has 2 rings (SSSR count). The molecule has 0 aliphatic heterocycles. The summed E-state index contributed by atoms with van der Waals surface area (Å²) in [5, 5.41) is 0.123. The van der Waals surface area contributed by atoms with Crippen molar-refractivity contribution in [3.05, 3.63) is 58.9 Å². The molecule has 5 heteroatoms. The van der Waals surface area contributed by atoms with E-state index in [0.717, 1.165) is 11.6 Å². The minimum Gasteiger partial charge on any atom is -0.487 e. The van der Waals surface area contributed by atoms with Gasteiger partial charge in [-0.2, -0.15) is 4.99 Å². The van der Waals surface area contributed by atoms with Crippen molar-refractivity contribution in [2.45, 2.75) is 6.61 Å². The number of carbonyl (C=O) groups excluding carboxylic acids is 1. The van der Waals surface area contributed by atoms with E-state index in [4.69, 9.17) is 16.3 Å². The third kappa shape index (κ3) is 3.41. The molecule has 0 radical (unpaired) electrons. The van der Waals surface area contributed by atoms with Crippen molar-refractivity contribution in [1.29, 1.82) is 0 Å². The van der Waals surface area contributed by atoms with Gasteiger partial charge in [0.05, 0.1) is 5.02 Å². The second kappa shape index (κ2) is 6.14. The first kappa shape index (κ1) is 13.3. The van der Waals surface area contributed by atoms with Crippen LogP contribution in [-0.4, -0.2) is 6.08 Å². The van der Waals surface area contributed by atoms with E-state index in [1.54, 1.807) is 0 Å². The molecular weight excluding hydrogens is 269 g/mol. The first-order valence-electron chi connectivity index (χ1n) is 5.44. The topological polar surface area (TPSA) is 38.7 Å². The summed E-state index contributed by atoms with van der Waals surface area (Å²) in [6, 6.07) is 11.8. The number of hydrogen-bond donors (Lipinski definition) is 0. The fourth-order valence-corrected chi connectivity index (χ4v) is 1.70. The number of nitrogens with zero attached hydrogens (tertiary/aromatic N) is 1. The van der Waals surface area contributed by atoms with Crippen LogP contribution in [0, 0.1) is 5.82 Å². The van der Waals surface area contributed by atoms with Crippen LogP contribution >= 0.6 is 11.6 Å². The lowest BCUT2D eigenvalue weighted by Crippen LogP contribution is -1.96. The van der Waals surface area contributed by atoms with E-state index in [1.807, 2.05) is 30.3 Å². The SMILES string of the molecule is O=C=Nc1cc(OCc2ccccc2)c(Cl)cc1F. The molecule has 19 heavy (non-hydrogen) atoms. The summed E-state index contributed by atoms with van der Waals surface area (Å²) in [4.78, 5) is 13.4. The second-order valence-corrected chi connectivity index (χ2v) is 4.12. The molecule has 0 aliphatic rings. The van der Waals surface area contributed by atoms with Crippen LogP contribution in [0.3, 0.4) is 0 Å². The number of rotatable bonds is 4. The molecule has 2 aromatic rings. The van der Waals surface area contributed by atoms with Gasteiger partial charge in [-0.05, 0) is 11.6 Å². The fraction of sp³-hybridized carbons (Fsp3) is 0.0714. The molecule has 0 aliphatic carbocycles. The summed E-state index contributed by atoms with van der Waals surface area (Å²) in [6.07, 6.45) is 1.28. The predicted molar refractivity (Wildman–Crippen MR) is 70.0 cm³/mol. The quantitative estimate of drug-likeness (QED) is 0.625. The highest BCUT2D eigenvalue weighted by Gasteiger charge is 2.09. The van der Waals surface area contributed by atoms with Crippen molar-refractivity contribution in [1.82, 2.24) is 0 Å². The molecule has 0 aromatic heterocycles. The van der Waals surface area contributed by atoms with Crippen molar-refractivity contribution in [3.8, 4) is 5.75 Å². The van der Waals surface area contributed by atoms with Gasteiger partial charge in [-0.1, -0.05) is 41.9 Å². The number of hydrogen-bond acceptors (Lipinski definition) is 3. The molecule has 2 aromatic carbocycles. The molecule has 0 amide bonds. The average Bonchev–Trinajstić information content (AvgIpc) is 2.42. The Morgan fingerprint density at radius 1 is 1.26 bits per heavy atom. The highest BCUT2D eigenvalue weighted by Crippen LogP contribution is 2.32. The van der Waals surface area contributed by atoms with Crippen molar-refractivity contribution in [2.24, 2.45) is 4.99 Å². The molecule has 0 heterocycles. The summed E-state index contributed by atoms with van der Waals surface area (Å²) in [5.41, 5.74) is 0.797. The molecule has 0 N–H and O–H groups in total. The van der Waals surface area contributed by atoms with Gasteiger partial charge in [0.15, 0.2) is 5.82 Å². The maximum atomic E-state index is 13.4. The molecule has 0 unspecified atom stereocenters. The van der Waals surface area contributed by atoms with E-state index < -0.39 is 5.82 Å². The Morgan fingerprint density at radius 2 is 2.00 bits per heavy atom. The fourth-order valence-electron chi connectivity index (χ4n) is 1.50. The minimum atomic E-state index is -0.694. The van der Waals surface area contributed by atoms with E-state index in [9.17, 15) is 9.18 Å². The molecular formula is C14H9ClFNO2. The molecule has 96 valence electrons. The molecule has 0 saturated carbocycles. The van der Waals surface area contributed by atoms with Crippen molar-refractivity contribution in [2.75, 3.05) is 0 Å². The second-order valence-electron chi connectivity index (χ2n) is 3.71. The van der Waals surface area contributed by atoms with Gasteiger partial charge >= 0.3 is 0 Å². The Kier molecular flexibility index (Phi) is 4.29. The average molecular weight is 278 g/mol. The minimum absolute atomic E-state index is 0.123. The molecule has 0 saturated heterocycles.